The first kappa shape index (κ1) is 16.0. The number of carbonyl (C=O) groups is 2. The van der Waals surface area contributed by atoms with Crippen molar-refractivity contribution in [3.63, 3.8) is 0 Å². The summed E-state index contributed by atoms with van der Waals surface area (Å²) in [6, 6.07) is 0. The average Bonchev–Trinajstić information content (AvgIpc) is 2.52. The van der Waals surface area contributed by atoms with Crippen LogP contribution < -0.4 is 0 Å². The summed E-state index contributed by atoms with van der Waals surface area (Å²) in [5.74, 6) is -0.232. The maximum atomic E-state index is 12.6. The van der Waals surface area contributed by atoms with Gasteiger partial charge in [0.2, 0.25) is 11.6 Å². The standard InChI is InChI=1S/C20H24O3/c1-4-5-6-7-9-20(3)10-8-14-13(2)12-23-16-11-15(21)19(22)18(20)17(14)16/h8,10-11H,4-7,9,12H2,1-3H3. The molecule has 0 spiro atoms. The quantitative estimate of drug-likeness (QED) is 0.434. The van der Waals surface area contributed by atoms with Gasteiger partial charge in [0, 0.05) is 22.6 Å². The van der Waals surface area contributed by atoms with Gasteiger partial charge in [-0.25, -0.2) is 0 Å². The van der Waals surface area contributed by atoms with Crippen molar-refractivity contribution in [2.45, 2.75) is 52.9 Å². The van der Waals surface area contributed by atoms with E-state index >= 15 is 0 Å². The summed E-state index contributed by atoms with van der Waals surface area (Å²) in [7, 11) is 0. The summed E-state index contributed by atoms with van der Waals surface area (Å²) in [6.45, 7) is 6.77. The highest BCUT2D eigenvalue weighted by atomic mass is 16.5. The second-order valence-electron chi connectivity index (χ2n) is 7.00. The molecule has 0 saturated carbocycles. The van der Waals surface area contributed by atoms with Crippen molar-refractivity contribution in [3.05, 3.63) is 46.3 Å². The molecule has 1 aliphatic heterocycles. The number of hydrogen-bond acceptors (Lipinski definition) is 3. The molecule has 1 unspecified atom stereocenters. The Kier molecular flexibility index (Phi) is 4.13. The average molecular weight is 312 g/mol. The summed E-state index contributed by atoms with van der Waals surface area (Å²) in [4.78, 5) is 24.8. The highest BCUT2D eigenvalue weighted by Crippen LogP contribution is 2.48. The normalized spacial score (nSPS) is 26.3. The van der Waals surface area contributed by atoms with Crippen LogP contribution in [-0.2, 0) is 14.3 Å². The van der Waals surface area contributed by atoms with Crippen molar-refractivity contribution in [1.82, 2.24) is 0 Å². The molecule has 122 valence electrons. The lowest BCUT2D eigenvalue weighted by molar-refractivity contribution is -0.132. The van der Waals surface area contributed by atoms with Gasteiger partial charge in [-0.1, -0.05) is 51.7 Å². The monoisotopic (exact) mass is 312 g/mol. The van der Waals surface area contributed by atoms with E-state index in [9.17, 15) is 9.59 Å². The molecule has 0 fully saturated rings. The fourth-order valence-electron chi connectivity index (χ4n) is 3.72. The van der Waals surface area contributed by atoms with Crippen molar-refractivity contribution < 1.29 is 14.3 Å². The molecular weight excluding hydrogens is 288 g/mol. The highest BCUT2D eigenvalue weighted by molar-refractivity contribution is 6.49. The Morgan fingerprint density at radius 1 is 1.22 bits per heavy atom. The molecule has 0 saturated heterocycles. The van der Waals surface area contributed by atoms with Crippen molar-refractivity contribution in [1.29, 1.82) is 0 Å². The number of carbonyl (C=O) groups excluding carboxylic acids is 2. The number of unbranched alkanes of at least 4 members (excludes halogenated alkanes) is 3. The number of ketones is 2. The van der Waals surface area contributed by atoms with E-state index in [2.05, 4.69) is 26.0 Å². The minimum absolute atomic E-state index is 0.359. The zero-order valence-corrected chi connectivity index (χ0v) is 14.2. The van der Waals surface area contributed by atoms with Gasteiger partial charge in [0.15, 0.2) is 0 Å². The highest BCUT2D eigenvalue weighted by Gasteiger charge is 2.43. The van der Waals surface area contributed by atoms with Crippen LogP contribution in [0.1, 0.15) is 52.9 Å². The number of Topliss-reactive ketones (excluding diaryl/α,β-unsaturated/α-hetero) is 1. The van der Waals surface area contributed by atoms with Gasteiger partial charge < -0.3 is 4.74 Å². The predicted octanol–water partition coefficient (Wildman–Crippen LogP) is 4.21. The van der Waals surface area contributed by atoms with Gasteiger partial charge in [-0.05, 0) is 24.5 Å². The molecule has 2 aliphatic carbocycles. The predicted molar refractivity (Wildman–Crippen MR) is 89.8 cm³/mol. The molecule has 0 radical (unpaired) electrons. The van der Waals surface area contributed by atoms with Crippen molar-refractivity contribution in [2.75, 3.05) is 6.61 Å². The number of ether oxygens (including phenoxy) is 1. The molecule has 0 N–H and O–H groups in total. The third-order valence-corrected chi connectivity index (χ3v) is 5.12. The lowest BCUT2D eigenvalue weighted by Crippen LogP contribution is -2.35. The molecule has 0 aromatic carbocycles. The fourth-order valence-corrected chi connectivity index (χ4v) is 3.72. The van der Waals surface area contributed by atoms with Crippen LogP contribution in [0.3, 0.4) is 0 Å². The van der Waals surface area contributed by atoms with Gasteiger partial charge in [-0.2, -0.15) is 0 Å². The molecule has 1 atom stereocenters. The topological polar surface area (TPSA) is 43.4 Å². The number of rotatable bonds is 5. The molecule has 0 aromatic rings. The van der Waals surface area contributed by atoms with E-state index in [1.807, 2.05) is 6.92 Å². The Bertz CT molecular complexity index is 688. The Labute approximate surface area is 137 Å². The van der Waals surface area contributed by atoms with Crippen LogP contribution >= 0.6 is 0 Å². The first-order valence-electron chi connectivity index (χ1n) is 8.55. The van der Waals surface area contributed by atoms with Gasteiger partial charge in [-0.3, -0.25) is 9.59 Å². The lowest BCUT2D eigenvalue weighted by atomic mass is 9.66. The van der Waals surface area contributed by atoms with Crippen molar-refractivity contribution >= 4 is 11.6 Å². The summed E-state index contributed by atoms with van der Waals surface area (Å²) in [5, 5.41) is 0. The van der Waals surface area contributed by atoms with Gasteiger partial charge in [0.25, 0.3) is 0 Å². The molecule has 0 amide bonds. The van der Waals surface area contributed by atoms with Gasteiger partial charge in [0.1, 0.15) is 12.4 Å². The van der Waals surface area contributed by atoms with E-state index in [1.165, 1.54) is 18.9 Å². The molecule has 23 heavy (non-hydrogen) atoms. The third kappa shape index (κ3) is 2.62. The molecule has 3 rings (SSSR count). The summed E-state index contributed by atoms with van der Waals surface area (Å²) in [5.41, 5.74) is 3.30. The molecule has 3 aliphatic rings. The maximum Gasteiger partial charge on any atom is 0.230 e. The maximum absolute atomic E-state index is 12.6. The zero-order chi connectivity index (χ0) is 16.6. The van der Waals surface area contributed by atoms with Crippen molar-refractivity contribution in [3.8, 4) is 0 Å². The van der Waals surface area contributed by atoms with Crippen LogP contribution in [-0.4, -0.2) is 18.2 Å². The minimum Gasteiger partial charge on any atom is -0.488 e. The van der Waals surface area contributed by atoms with Crippen LogP contribution in [0.2, 0.25) is 0 Å². The third-order valence-electron chi connectivity index (χ3n) is 5.12. The van der Waals surface area contributed by atoms with Crippen molar-refractivity contribution in [2.24, 2.45) is 5.41 Å². The summed E-state index contributed by atoms with van der Waals surface area (Å²) in [6.07, 6.45) is 11.1. The Morgan fingerprint density at radius 3 is 2.74 bits per heavy atom. The molecule has 0 aromatic heterocycles. The largest absolute Gasteiger partial charge is 0.488 e. The number of hydrogen-bond donors (Lipinski definition) is 0. The SMILES string of the molecule is CCCCCCC1(C)C=CC2=C(C)COC3=CC(=O)C(=O)C1=C32. The van der Waals surface area contributed by atoms with E-state index in [0.717, 1.165) is 36.0 Å². The molecule has 1 heterocycles. The van der Waals surface area contributed by atoms with Crippen LogP contribution in [0, 0.1) is 5.41 Å². The second kappa shape index (κ2) is 5.95. The molecule has 3 nitrogen and oxygen atoms in total. The van der Waals surface area contributed by atoms with Crippen LogP contribution in [0.5, 0.6) is 0 Å². The zero-order valence-electron chi connectivity index (χ0n) is 14.2. The van der Waals surface area contributed by atoms with Gasteiger partial charge in [0.05, 0.1) is 0 Å². The smallest absolute Gasteiger partial charge is 0.230 e. The molecule has 0 bridgehead atoms. The van der Waals surface area contributed by atoms with Crippen LogP contribution in [0.25, 0.3) is 0 Å². The number of allylic oxidation sites excluding steroid dienone is 5. The summed E-state index contributed by atoms with van der Waals surface area (Å²) >= 11 is 0. The van der Waals surface area contributed by atoms with Gasteiger partial charge in [-0.15, -0.1) is 0 Å². The Hall–Kier alpha value is -1.90. The minimum atomic E-state index is -0.451. The van der Waals surface area contributed by atoms with E-state index in [-0.39, 0.29) is 11.2 Å². The van der Waals surface area contributed by atoms with E-state index < -0.39 is 5.78 Å². The fraction of sp³-hybridized carbons (Fsp3) is 0.500. The first-order chi connectivity index (χ1) is 11.0. The Morgan fingerprint density at radius 2 is 2.00 bits per heavy atom. The molecular formula is C20H24O3. The first-order valence-corrected chi connectivity index (χ1v) is 8.55. The van der Waals surface area contributed by atoms with E-state index in [0.29, 0.717) is 17.9 Å². The van der Waals surface area contributed by atoms with Crippen LogP contribution in [0.4, 0.5) is 0 Å². The molecule has 3 heteroatoms. The Balaban J connectivity index is 2.03. The van der Waals surface area contributed by atoms with E-state index in [4.69, 9.17) is 4.74 Å². The second-order valence-corrected chi connectivity index (χ2v) is 7.00. The summed E-state index contributed by atoms with van der Waals surface area (Å²) < 4.78 is 5.72. The van der Waals surface area contributed by atoms with E-state index in [1.54, 1.807) is 0 Å². The van der Waals surface area contributed by atoms with Crippen LogP contribution in [0.15, 0.2) is 46.3 Å². The van der Waals surface area contributed by atoms with Gasteiger partial charge >= 0.3 is 0 Å². The lowest BCUT2D eigenvalue weighted by Gasteiger charge is -2.38.